The fourth-order valence-corrected chi connectivity index (χ4v) is 4.11. The third kappa shape index (κ3) is 4.43. The molecular weight excluding hydrogens is 254 g/mol. The van der Waals surface area contributed by atoms with Crippen molar-refractivity contribution in [3.63, 3.8) is 0 Å². The second-order valence-corrected chi connectivity index (χ2v) is 6.42. The van der Waals surface area contributed by atoms with Gasteiger partial charge in [-0.3, -0.25) is 0 Å². The molecule has 0 saturated heterocycles. The van der Waals surface area contributed by atoms with Crippen molar-refractivity contribution >= 4 is 11.8 Å². The average molecular weight is 279 g/mol. The van der Waals surface area contributed by atoms with Crippen LogP contribution in [0.5, 0.6) is 5.75 Å². The lowest BCUT2D eigenvalue weighted by atomic mass is 10.1. The molecule has 0 radical (unpaired) electrons. The van der Waals surface area contributed by atoms with Gasteiger partial charge in [0.05, 0.1) is 6.61 Å². The third-order valence-electron chi connectivity index (χ3n) is 3.72. The molecule has 1 aromatic rings. The minimum absolute atomic E-state index is 0.422. The fraction of sp³-hybridized carbons (Fsp3) is 0.625. The maximum atomic E-state index is 5.58. The first-order chi connectivity index (χ1) is 9.33. The van der Waals surface area contributed by atoms with E-state index >= 15 is 0 Å². The van der Waals surface area contributed by atoms with Crippen LogP contribution in [0.4, 0.5) is 0 Å². The maximum Gasteiger partial charge on any atom is 0.119 e. The zero-order valence-corrected chi connectivity index (χ0v) is 12.8. The van der Waals surface area contributed by atoms with Crippen LogP contribution in [0.25, 0.3) is 0 Å². The van der Waals surface area contributed by atoms with Crippen LogP contribution >= 0.6 is 11.8 Å². The second kappa shape index (κ2) is 7.81. The van der Waals surface area contributed by atoms with Crippen molar-refractivity contribution in [2.24, 2.45) is 0 Å². The predicted molar refractivity (Wildman–Crippen MR) is 84.1 cm³/mol. The first kappa shape index (κ1) is 14.7. The summed E-state index contributed by atoms with van der Waals surface area (Å²) < 4.78 is 5.58. The molecule has 1 fully saturated rings. The van der Waals surface area contributed by atoms with E-state index < -0.39 is 0 Å². The van der Waals surface area contributed by atoms with Crippen LogP contribution in [0.2, 0.25) is 0 Å². The molecule has 0 heterocycles. The minimum atomic E-state index is 0.422. The van der Waals surface area contributed by atoms with Gasteiger partial charge < -0.3 is 10.1 Å². The summed E-state index contributed by atoms with van der Waals surface area (Å²) in [5, 5.41) is 4.32. The molecule has 1 atom stereocenters. The molecule has 1 N–H and O–H groups in total. The van der Waals surface area contributed by atoms with E-state index in [0.29, 0.717) is 6.04 Å². The van der Waals surface area contributed by atoms with Crippen molar-refractivity contribution in [1.82, 2.24) is 5.32 Å². The van der Waals surface area contributed by atoms with Crippen molar-refractivity contribution in [1.29, 1.82) is 0 Å². The summed E-state index contributed by atoms with van der Waals surface area (Å²) in [7, 11) is 2.05. The molecule has 0 aromatic heterocycles. The van der Waals surface area contributed by atoms with E-state index in [1.54, 1.807) is 0 Å². The Morgan fingerprint density at radius 2 is 2.16 bits per heavy atom. The van der Waals surface area contributed by atoms with Crippen molar-refractivity contribution in [3.8, 4) is 5.75 Å². The second-order valence-electron chi connectivity index (χ2n) is 5.09. The molecule has 0 amide bonds. The quantitative estimate of drug-likeness (QED) is 0.814. The highest BCUT2D eigenvalue weighted by atomic mass is 32.2. The molecule has 3 heteroatoms. The number of benzene rings is 1. The molecule has 2 rings (SSSR count). The van der Waals surface area contributed by atoms with Crippen LogP contribution in [0.1, 0.15) is 44.2 Å². The Morgan fingerprint density at radius 3 is 2.84 bits per heavy atom. The monoisotopic (exact) mass is 279 g/mol. The summed E-state index contributed by atoms with van der Waals surface area (Å²) in [6, 6.07) is 8.90. The highest BCUT2D eigenvalue weighted by Crippen LogP contribution is 2.32. The normalized spacial score (nSPS) is 17.6. The van der Waals surface area contributed by atoms with Gasteiger partial charge in [0.1, 0.15) is 5.75 Å². The van der Waals surface area contributed by atoms with Gasteiger partial charge in [0.2, 0.25) is 0 Å². The van der Waals surface area contributed by atoms with Gasteiger partial charge in [0.15, 0.2) is 0 Å². The Kier molecular flexibility index (Phi) is 6.05. The highest BCUT2D eigenvalue weighted by molar-refractivity contribution is 7.99. The summed E-state index contributed by atoms with van der Waals surface area (Å²) in [5.41, 5.74) is 1.33. The van der Waals surface area contributed by atoms with Gasteiger partial charge in [0.25, 0.3) is 0 Å². The molecule has 0 spiro atoms. The Morgan fingerprint density at radius 1 is 1.37 bits per heavy atom. The summed E-state index contributed by atoms with van der Waals surface area (Å²) in [6.45, 7) is 2.75. The van der Waals surface area contributed by atoms with E-state index in [0.717, 1.165) is 23.4 Å². The zero-order chi connectivity index (χ0) is 13.5. The lowest BCUT2D eigenvalue weighted by Gasteiger charge is -2.19. The van der Waals surface area contributed by atoms with E-state index in [9.17, 15) is 0 Å². The lowest BCUT2D eigenvalue weighted by Crippen LogP contribution is -2.19. The smallest absolute Gasteiger partial charge is 0.119 e. The van der Waals surface area contributed by atoms with E-state index in [2.05, 4.69) is 35.3 Å². The molecule has 0 aliphatic heterocycles. The average Bonchev–Trinajstić information content (AvgIpc) is 2.94. The Balaban J connectivity index is 1.93. The zero-order valence-electron chi connectivity index (χ0n) is 12.0. The molecule has 2 nitrogen and oxygen atoms in total. The van der Waals surface area contributed by atoms with E-state index in [-0.39, 0.29) is 0 Å². The van der Waals surface area contributed by atoms with Gasteiger partial charge >= 0.3 is 0 Å². The molecule has 1 aromatic carbocycles. The van der Waals surface area contributed by atoms with Crippen LogP contribution in [0, 0.1) is 0 Å². The number of hydrogen-bond donors (Lipinski definition) is 1. The van der Waals surface area contributed by atoms with Crippen molar-refractivity contribution < 1.29 is 4.74 Å². The van der Waals surface area contributed by atoms with Crippen molar-refractivity contribution in [2.45, 2.75) is 43.9 Å². The van der Waals surface area contributed by atoms with Gasteiger partial charge in [-0.25, -0.2) is 0 Å². The topological polar surface area (TPSA) is 21.3 Å². The third-order valence-corrected chi connectivity index (χ3v) is 5.19. The van der Waals surface area contributed by atoms with Gasteiger partial charge in [-0.05, 0) is 44.5 Å². The van der Waals surface area contributed by atoms with Gasteiger partial charge in [-0.15, -0.1) is 0 Å². The molecule has 19 heavy (non-hydrogen) atoms. The van der Waals surface area contributed by atoms with E-state index in [4.69, 9.17) is 4.74 Å². The largest absolute Gasteiger partial charge is 0.494 e. The minimum Gasteiger partial charge on any atom is -0.494 e. The van der Waals surface area contributed by atoms with Crippen molar-refractivity contribution in [2.75, 3.05) is 19.4 Å². The fourth-order valence-electron chi connectivity index (χ4n) is 2.62. The standard InChI is InChI=1S/C16H25NOS/c1-3-18-14-8-6-7-13(11-14)16(17-2)12-19-15-9-4-5-10-15/h6-8,11,15-17H,3-5,9-10,12H2,1-2H3. The molecule has 1 aliphatic carbocycles. The molecular formula is C16H25NOS. The van der Waals surface area contributed by atoms with Crippen LogP contribution in [0.15, 0.2) is 24.3 Å². The molecule has 1 unspecified atom stereocenters. The summed E-state index contributed by atoms with van der Waals surface area (Å²) in [4.78, 5) is 0. The number of rotatable bonds is 7. The van der Waals surface area contributed by atoms with Gasteiger partial charge in [-0.1, -0.05) is 25.0 Å². The Labute approximate surface area is 121 Å². The van der Waals surface area contributed by atoms with Crippen LogP contribution in [-0.4, -0.2) is 24.7 Å². The number of hydrogen-bond acceptors (Lipinski definition) is 3. The summed E-state index contributed by atoms with van der Waals surface area (Å²) in [6.07, 6.45) is 5.64. The first-order valence-electron chi connectivity index (χ1n) is 7.35. The van der Waals surface area contributed by atoms with Crippen LogP contribution in [-0.2, 0) is 0 Å². The Hall–Kier alpha value is -0.670. The van der Waals surface area contributed by atoms with Crippen molar-refractivity contribution in [3.05, 3.63) is 29.8 Å². The Bertz CT molecular complexity index is 377. The highest BCUT2D eigenvalue weighted by Gasteiger charge is 2.18. The molecule has 1 saturated carbocycles. The van der Waals surface area contributed by atoms with Crippen LogP contribution in [0.3, 0.4) is 0 Å². The summed E-state index contributed by atoms with van der Waals surface area (Å²) in [5.74, 6) is 2.13. The van der Waals surface area contributed by atoms with Gasteiger partial charge in [0, 0.05) is 17.0 Å². The maximum absolute atomic E-state index is 5.58. The first-order valence-corrected chi connectivity index (χ1v) is 8.40. The van der Waals surface area contributed by atoms with Crippen LogP contribution < -0.4 is 10.1 Å². The summed E-state index contributed by atoms with van der Waals surface area (Å²) >= 11 is 2.13. The molecule has 1 aliphatic rings. The van der Waals surface area contributed by atoms with E-state index in [1.165, 1.54) is 31.2 Å². The number of ether oxygens (including phenoxy) is 1. The molecule has 106 valence electrons. The lowest BCUT2D eigenvalue weighted by molar-refractivity contribution is 0.339. The number of nitrogens with one attached hydrogen (secondary N) is 1. The predicted octanol–water partition coefficient (Wildman–Crippen LogP) is 4.02. The SMILES string of the molecule is CCOc1cccc(C(CSC2CCCC2)NC)c1. The number of thioether (sulfide) groups is 1. The van der Waals surface area contributed by atoms with Gasteiger partial charge in [-0.2, -0.15) is 11.8 Å². The molecule has 0 bridgehead atoms. The van der Waals surface area contributed by atoms with E-state index in [1.807, 2.05) is 20.0 Å².